The van der Waals surface area contributed by atoms with Crippen molar-refractivity contribution in [2.75, 3.05) is 0 Å². The SMILES string of the molecule is Cc1ccc(S(=O)(=O)OCc2cc(-n3c4ccccc4c4cc(-n5c6ccccc6c6ccccc65)ccc43)ccc2Br)cc1. The summed E-state index contributed by atoms with van der Waals surface area (Å²) in [7, 11) is -3.92. The molecule has 0 amide bonds. The summed E-state index contributed by atoms with van der Waals surface area (Å²) in [5.74, 6) is 0. The first kappa shape index (κ1) is 27.8. The zero-order chi connectivity index (χ0) is 30.7. The molecule has 6 aromatic carbocycles. The maximum atomic E-state index is 12.9. The molecule has 0 atom stereocenters. The Bertz CT molecular complexity index is 2480. The zero-order valence-corrected chi connectivity index (χ0v) is 26.7. The minimum absolute atomic E-state index is 0.0975. The molecule has 0 spiro atoms. The number of benzene rings is 6. The lowest BCUT2D eigenvalue weighted by Gasteiger charge is -2.13. The fourth-order valence-corrected chi connectivity index (χ4v) is 7.55. The van der Waals surface area contributed by atoms with Gasteiger partial charge in [0.05, 0.1) is 33.6 Å². The highest BCUT2D eigenvalue weighted by Crippen LogP contribution is 2.37. The maximum Gasteiger partial charge on any atom is 0.297 e. The molecule has 0 aliphatic carbocycles. The molecule has 8 rings (SSSR count). The third-order valence-electron chi connectivity index (χ3n) is 8.46. The highest BCUT2D eigenvalue weighted by atomic mass is 79.9. The molecule has 0 N–H and O–H groups in total. The van der Waals surface area contributed by atoms with Crippen LogP contribution in [0.15, 0.2) is 143 Å². The number of para-hydroxylation sites is 3. The van der Waals surface area contributed by atoms with Crippen LogP contribution in [0.1, 0.15) is 11.1 Å². The average Bonchev–Trinajstić information content (AvgIpc) is 3.57. The highest BCUT2D eigenvalue weighted by Gasteiger charge is 2.19. The molecule has 0 aliphatic heterocycles. The first-order valence-corrected chi connectivity index (χ1v) is 16.9. The second-order valence-corrected chi connectivity index (χ2v) is 13.7. The Kier molecular flexibility index (Phi) is 6.64. The van der Waals surface area contributed by atoms with Gasteiger partial charge in [0.15, 0.2) is 0 Å². The van der Waals surface area contributed by atoms with E-state index in [-0.39, 0.29) is 11.5 Å². The fourth-order valence-electron chi connectivity index (χ4n) is 6.30. The molecule has 5 nitrogen and oxygen atoms in total. The molecule has 0 unspecified atom stereocenters. The van der Waals surface area contributed by atoms with Gasteiger partial charge in [-0.15, -0.1) is 0 Å². The number of rotatable bonds is 6. The molecule has 45 heavy (non-hydrogen) atoms. The minimum atomic E-state index is -3.92. The van der Waals surface area contributed by atoms with Crippen molar-refractivity contribution < 1.29 is 12.6 Å². The summed E-state index contributed by atoms with van der Waals surface area (Å²) in [4.78, 5) is 0.141. The van der Waals surface area contributed by atoms with Gasteiger partial charge < -0.3 is 9.13 Å². The van der Waals surface area contributed by atoms with E-state index in [1.54, 1.807) is 24.3 Å². The van der Waals surface area contributed by atoms with E-state index >= 15 is 0 Å². The van der Waals surface area contributed by atoms with E-state index in [4.69, 9.17) is 4.18 Å². The first-order chi connectivity index (χ1) is 21.9. The van der Waals surface area contributed by atoms with Crippen LogP contribution in [-0.2, 0) is 20.9 Å². The van der Waals surface area contributed by atoms with Crippen molar-refractivity contribution in [2.45, 2.75) is 18.4 Å². The monoisotopic (exact) mass is 670 g/mol. The summed E-state index contributed by atoms with van der Waals surface area (Å²) in [6.07, 6.45) is 0. The Labute approximate surface area is 269 Å². The van der Waals surface area contributed by atoms with Gasteiger partial charge in [-0.1, -0.05) is 88.2 Å². The Morgan fingerprint density at radius 1 is 0.578 bits per heavy atom. The average molecular weight is 672 g/mol. The standard InChI is InChI=1S/C38H27BrN2O3S/c1-25-14-18-29(19-15-25)45(42,43)44-24-26-22-27(16-20-34(26)39)40-37-13-7-4-10-32(37)33-23-28(17-21-38(33)40)41-35-11-5-2-8-30(35)31-9-3-6-12-36(31)41/h2-23H,24H2,1H3. The van der Waals surface area contributed by atoms with E-state index in [1.807, 2.05) is 31.2 Å². The van der Waals surface area contributed by atoms with Gasteiger partial charge in [0.25, 0.3) is 10.1 Å². The second kappa shape index (κ2) is 10.7. The van der Waals surface area contributed by atoms with Crippen molar-refractivity contribution >= 4 is 69.7 Å². The molecule has 0 fully saturated rings. The van der Waals surface area contributed by atoms with Crippen LogP contribution < -0.4 is 0 Å². The summed E-state index contributed by atoms with van der Waals surface area (Å²) in [5.41, 5.74) is 8.18. The molecule has 0 bridgehead atoms. The first-order valence-electron chi connectivity index (χ1n) is 14.7. The number of aromatic nitrogens is 2. The largest absolute Gasteiger partial charge is 0.309 e. The summed E-state index contributed by atoms with van der Waals surface area (Å²) < 4.78 is 36.7. The number of hydrogen-bond donors (Lipinski definition) is 0. The summed E-state index contributed by atoms with van der Waals surface area (Å²) in [6, 6.07) is 44.7. The van der Waals surface area contributed by atoms with E-state index in [2.05, 4.69) is 110 Å². The molecule has 0 saturated carbocycles. The van der Waals surface area contributed by atoms with Crippen LogP contribution in [0.5, 0.6) is 0 Å². The molecule has 0 saturated heterocycles. The van der Waals surface area contributed by atoms with Gasteiger partial charge >= 0.3 is 0 Å². The summed E-state index contributed by atoms with van der Waals surface area (Å²) >= 11 is 3.61. The minimum Gasteiger partial charge on any atom is -0.309 e. The summed E-state index contributed by atoms with van der Waals surface area (Å²) in [6.45, 7) is 1.82. The van der Waals surface area contributed by atoms with Crippen molar-refractivity contribution in [1.82, 2.24) is 9.13 Å². The molecule has 0 aliphatic rings. The lowest BCUT2D eigenvalue weighted by molar-refractivity contribution is 0.307. The van der Waals surface area contributed by atoms with Gasteiger partial charge in [-0.2, -0.15) is 8.42 Å². The van der Waals surface area contributed by atoms with Crippen molar-refractivity contribution in [1.29, 1.82) is 0 Å². The number of hydrogen-bond acceptors (Lipinski definition) is 3. The highest BCUT2D eigenvalue weighted by molar-refractivity contribution is 9.10. The van der Waals surface area contributed by atoms with Crippen LogP contribution in [-0.4, -0.2) is 17.6 Å². The predicted octanol–water partition coefficient (Wildman–Crippen LogP) is 9.86. The predicted molar refractivity (Wildman–Crippen MR) is 186 cm³/mol. The summed E-state index contributed by atoms with van der Waals surface area (Å²) in [5, 5.41) is 4.72. The van der Waals surface area contributed by atoms with Gasteiger partial charge in [0.1, 0.15) is 0 Å². The van der Waals surface area contributed by atoms with E-state index in [9.17, 15) is 8.42 Å². The molecular formula is C38H27BrN2O3S. The van der Waals surface area contributed by atoms with E-state index in [0.717, 1.165) is 48.8 Å². The van der Waals surface area contributed by atoms with Gasteiger partial charge in [0, 0.05) is 37.4 Å². The van der Waals surface area contributed by atoms with Crippen molar-refractivity contribution in [3.05, 3.63) is 149 Å². The number of aryl methyl sites for hydroxylation is 1. The zero-order valence-electron chi connectivity index (χ0n) is 24.3. The van der Waals surface area contributed by atoms with E-state index in [1.165, 1.54) is 21.8 Å². The molecular weight excluding hydrogens is 644 g/mol. The Morgan fingerprint density at radius 2 is 1.07 bits per heavy atom. The van der Waals surface area contributed by atoms with Gasteiger partial charge in [-0.25, -0.2) is 0 Å². The Morgan fingerprint density at radius 3 is 1.67 bits per heavy atom. The third kappa shape index (κ3) is 4.66. The van der Waals surface area contributed by atoms with Crippen LogP contribution >= 0.6 is 15.9 Å². The number of halogens is 1. The van der Waals surface area contributed by atoms with Crippen molar-refractivity contribution in [2.24, 2.45) is 0 Å². The lowest BCUT2D eigenvalue weighted by atomic mass is 10.1. The quantitative estimate of drug-likeness (QED) is 0.166. The van der Waals surface area contributed by atoms with Crippen LogP contribution in [0.25, 0.3) is 55.0 Å². The Hall–Kier alpha value is -4.69. The molecule has 7 heteroatoms. The smallest absolute Gasteiger partial charge is 0.297 e. The molecule has 2 heterocycles. The van der Waals surface area contributed by atoms with Crippen molar-refractivity contribution in [3.63, 3.8) is 0 Å². The Balaban J connectivity index is 1.25. The fraction of sp³-hybridized carbons (Fsp3) is 0.0526. The third-order valence-corrected chi connectivity index (χ3v) is 10.5. The maximum absolute atomic E-state index is 12.9. The molecule has 8 aromatic rings. The van der Waals surface area contributed by atoms with Gasteiger partial charge in [-0.05, 0) is 79.2 Å². The lowest BCUT2D eigenvalue weighted by Crippen LogP contribution is -2.07. The second-order valence-electron chi connectivity index (χ2n) is 11.2. The van der Waals surface area contributed by atoms with Crippen LogP contribution in [0.4, 0.5) is 0 Å². The van der Waals surface area contributed by atoms with E-state index in [0.29, 0.717) is 0 Å². The molecule has 0 radical (unpaired) electrons. The molecule has 220 valence electrons. The van der Waals surface area contributed by atoms with Crippen LogP contribution in [0.3, 0.4) is 0 Å². The van der Waals surface area contributed by atoms with Gasteiger partial charge in [-0.3, -0.25) is 4.18 Å². The van der Waals surface area contributed by atoms with Crippen LogP contribution in [0, 0.1) is 6.92 Å². The van der Waals surface area contributed by atoms with Gasteiger partial charge in [0.2, 0.25) is 0 Å². The van der Waals surface area contributed by atoms with Crippen LogP contribution in [0.2, 0.25) is 0 Å². The normalized spacial score (nSPS) is 12.1. The van der Waals surface area contributed by atoms with E-state index < -0.39 is 10.1 Å². The number of nitrogens with zero attached hydrogens (tertiary/aromatic N) is 2. The van der Waals surface area contributed by atoms with Crippen molar-refractivity contribution in [3.8, 4) is 11.4 Å². The molecule has 2 aromatic heterocycles. The topological polar surface area (TPSA) is 53.2 Å². The number of fused-ring (bicyclic) bond motifs is 6.